The van der Waals surface area contributed by atoms with Gasteiger partial charge in [-0.3, -0.25) is 0 Å². The summed E-state index contributed by atoms with van der Waals surface area (Å²) < 4.78 is 0. The van der Waals surface area contributed by atoms with Crippen LogP contribution in [0.3, 0.4) is 0 Å². The van der Waals surface area contributed by atoms with Crippen molar-refractivity contribution >= 4 is 0 Å². The van der Waals surface area contributed by atoms with E-state index >= 15 is 0 Å². The van der Waals surface area contributed by atoms with Crippen LogP contribution in [0.15, 0.2) is 24.3 Å². The second-order valence-electron chi connectivity index (χ2n) is 3.79. The highest BCUT2D eigenvalue weighted by Crippen LogP contribution is 2.24. The monoisotopic (exact) mass is 164 g/mol. The zero-order valence-electron chi connectivity index (χ0n) is 8.29. The molecule has 0 saturated heterocycles. The standard InChI is InChI=1S/C12H20/c1-3-4-5-9-12-10-7-6-8-11(12)2/h6-8,10-12H,3-5,9H2,1-2H3. The van der Waals surface area contributed by atoms with Crippen LogP contribution in [0.2, 0.25) is 0 Å². The SMILES string of the molecule is CCCCCC1C=CC=CC1C. The van der Waals surface area contributed by atoms with E-state index < -0.39 is 0 Å². The fourth-order valence-corrected chi connectivity index (χ4v) is 1.75. The molecule has 0 spiro atoms. The minimum atomic E-state index is 0.756. The van der Waals surface area contributed by atoms with Gasteiger partial charge in [-0.15, -0.1) is 0 Å². The third kappa shape index (κ3) is 2.84. The molecule has 0 aromatic rings. The number of unbranched alkanes of at least 4 members (excludes halogenated alkanes) is 2. The van der Waals surface area contributed by atoms with Crippen LogP contribution in [-0.2, 0) is 0 Å². The topological polar surface area (TPSA) is 0 Å². The molecule has 0 heterocycles. The van der Waals surface area contributed by atoms with Crippen LogP contribution in [0.5, 0.6) is 0 Å². The number of allylic oxidation sites excluding steroid dienone is 4. The van der Waals surface area contributed by atoms with Gasteiger partial charge in [-0.05, 0) is 18.3 Å². The summed E-state index contributed by atoms with van der Waals surface area (Å²) in [6, 6.07) is 0. The van der Waals surface area contributed by atoms with Gasteiger partial charge in [0.05, 0.1) is 0 Å². The molecular weight excluding hydrogens is 144 g/mol. The highest BCUT2D eigenvalue weighted by atomic mass is 14.2. The van der Waals surface area contributed by atoms with E-state index in [1.54, 1.807) is 0 Å². The van der Waals surface area contributed by atoms with Crippen molar-refractivity contribution in [3.63, 3.8) is 0 Å². The smallest absolute Gasteiger partial charge is 0.0170 e. The molecule has 1 aliphatic carbocycles. The van der Waals surface area contributed by atoms with Crippen molar-refractivity contribution in [1.82, 2.24) is 0 Å². The summed E-state index contributed by atoms with van der Waals surface area (Å²) in [5.41, 5.74) is 0. The van der Waals surface area contributed by atoms with Crippen LogP contribution in [0.4, 0.5) is 0 Å². The summed E-state index contributed by atoms with van der Waals surface area (Å²) in [5, 5.41) is 0. The van der Waals surface area contributed by atoms with E-state index in [4.69, 9.17) is 0 Å². The molecule has 0 saturated carbocycles. The fourth-order valence-electron chi connectivity index (χ4n) is 1.75. The van der Waals surface area contributed by atoms with Crippen LogP contribution in [-0.4, -0.2) is 0 Å². The maximum atomic E-state index is 2.36. The lowest BCUT2D eigenvalue weighted by Gasteiger charge is -2.19. The van der Waals surface area contributed by atoms with Crippen molar-refractivity contribution in [3.05, 3.63) is 24.3 Å². The lowest BCUT2D eigenvalue weighted by molar-refractivity contribution is 0.448. The molecule has 0 heteroatoms. The van der Waals surface area contributed by atoms with E-state index in [0.29, 0.717) is 0 Å². The third-order valence-corrected chi connectivity index (χ3v) is 2.70. The molecule has 0 amide bonds. The molecule has 0 nitrogen and oxygen atoms in total. The maximum absolute atomic E-state index is 2.36. The zero-order chi connectivity index (χ0) is 8.81. The van der Waals surface area contributed by atoms with Gasteiger partial charge < -0.3 is 0 Å². The van der Waals surface area contributed by atoms with Crippen molar-refractivity contribution < 1.29 is 0 Å². The molecule has 0 bridgehead atoms. The van der Waals surface area contributed by atoms with Gasteiger partial charge in [-0.25, -0.2) is 0 Å². The predicted octanol–water partition coefficient (Wildman–Crippen LogP) is 3.95. The summed E-state index contributed by atoms with van der Waals surface area (Å²) in [6.07, 6.45) is 14.5. The fraction of sp³-hybridized carbons (Fsp3) is 0.667. The number of hydrogen-bond acceptors (Lipinski definition) is 0. The lowest BCUT2D eigenvalue weighted by Crippen LogP contribution is -2.08. The first-order valence-electron chi connectivity index (χ1n) is 5.19. The van der Waals surface area contributed by atoms with E-state index in [9.17, 15) is 0 Å². The molecule has 0 aromatic carbocycles. The second-order valence-corrected chi connectivity index (χ2v) is 3.79. The van der Waals surface area contributed by atoms with Gasteiger partial charge in [0.25, 0.3) is 0 Å². The summed E-state index contributed by atoms with van der Waals surface area (Å²) in [6.45, 7) is 4.58. The Morgan fingerprint density at radius 3 is 2.50 bits per heavy atom. The molecule has 1 aliphatic rings. The van der Waals surface area contributed by atoms with Crippen LogP contribution in [0.1, 0.15) is 39.5 Å². The Bertz CT molecular complexity index is 165. The van der Waals surface area contributed by atoms with Gasteiger partial charge in [0.15, 0.2) is 0 Å². The van der Waals surface area contributed by atoms with Crippen molar-refractivity contribution in [2.45, 2.75) is 39.5 Å². The summed E-state index contributed by atoms with van der Waals surface area (Å²) >= 11 is 0. The Morgan fingerprint density at radius 2 is 1.83 bits per heavy atom. The van der Waals surface area contributed by atoms with Gasteiger partial charge in [0.2, 0.25) is 0 Å². The van der Waals surface area contributed by atoms with Crippen LogP contribution in [0.25, 0.3) is 0 Å². The first-order chi connectivity index (χ1) is 5.84. The van der Waals surface area contributed by atoms with Gasteiger partial charge >= 0.3 is 0 Å². The second kappa shape index (κ2) is 5.18. The number of hydrogen-bond donors (Lipinski definition) is 0. The van der Waals surface area contributed by atoms with Gasteiger partial charge in [0, 0.05) is 0 Å². The Kier molecular flexibility index (Phi) is 4.13. The van der Waals surface area contributed by atoms with Crippen LogP contribution in [0, 0.1) is 11.8 Å². The van der Waals surface area contributed by atoms with Crippen molar-refractivity contribution in [2.75, 3.05) is 0 Å². The van der Waals surface area contributed by atoms with Gasteiger partial charge in [-0.1, -0.05) is 57.4 Å². The average Bonchev–Trinajstić information content (AvgIpc) is 2.09. The molecule has 0 aliphatic heterocycles. The largest absolute Gasteiger partial charge is 0.0811 e. The maximum Gasteiger partial charge on any atom is -0.0170 e. The van der Waals surface area contributed by atoms with Crippen LogP contribution < -0.4 is 0 Å². The Hall–Kier alpha value is -0.520. The molecule has 68 valence electrons. The van der Waals surface area contributed by atoms with Gasteiger partial charge in [-0.2, -0.15) is 0 Å². The van der Waals surface area contributed by atoms with E-state index in [2.05, 4.69) is 38.2 Å². The molecule has 0 fully saturated rings. The summed E-state index contributed by atoms with van der Waals surface area (Å²) in [5.74, 6) is 1.56. The average molecular weight is 164 g/mol. The van der Waals surface area contributed by atoms with Crippen molar-refractivity contribution in [2.24, 2.45) is 11.8 Å². The first kappa shape index (κ1) is 9.57. The Labute approximate surface area is 76.4 Å². The molecule has 1 rings (SSSR count). The Morgan fingerprint density at radius 1 is 1.08 bits per heavy atom. The Balaban J connectivity index is 2.23. The van der Waals surface area contributed by atoms with E-state index in [1.165, 1.54) is 25.7 Å². The molecule has 0 aromatic heterocycles. The molecule has 0 radical (unpaired) electrons. The molecule has 2 unspecified atom stereocenters. The van der Waals surface area contributed by atoms with Crippen molar-refractivity contribution in [1.29, 1.82) is 0 Å². The molecule has 12 heavy (non-hydrogen) atoms. The minimum absolute atomic E-state index is 0.756. The minimum Gasteiger partial charge on any atom is -0.0811 e. The highest BCUT2D eigenvalue weighted by Gasteiger charge is 2.12. The van der Waals surface area contributed by atoms with Gasteiger partial charge in [0.1, 0.15) is 0 Å². The van der Waals surface area contributed by atoms with E-state index in [-0.39, 0.29) is 0 Å². The van der Waals surface area contributed by atoms with Crippen molar-refractivity contribution in [3.8, 4) is 0 Å². The van der Waals surface area contributed by atoms with Crippen LogP contribution >= 0.6 is 0 Å². The number of rotatable bonds is 4. The highest BCUT2D eigenvalue weighted by molar-refractivity contribution is 5.13. The lowest BCUT2D eigenvalue weighted by atomic mass is 9.86. The van der Waals surface area contributed by atoms with E-state index in [1.807, 2.05) is 0 Å². The quantitative estimate of drug-likeness (QED) is 0.552. The summed E-state index contributed by atoms with van der Waals surface area (Å²) in [4.78, 5) is 0. The molecule has 2 atom stereocenters. The summed E-state index contributed by atoms with van der Waals surface area (Å²) in [7, 11) is 0. The third-order valence-electron chi connectivity index (χ3n) is 2.70. The zero-order valence-corrected chi connectivity index (χ0v) is 8.29. The molecule has 0 N–H and O–H groups in total. The normalized spacial score (nSPS) is 27.8. The van der Waals surface area contributed by atoms with E-state index in [0.717, 1.165) is 11.8 Å². The predicted molar refractivity (Wildman–Crippen MR) is 55.1 cm³/mol. The first-order valence-corrected chi connectivity index (χ1v) is 5.19. The molecular formula is C12H20.